The van der Waals surface area contributed by atoms with Crippen molar-refractivity contribution in [3.05, 3.63) is 39.9 Å². The Morgan fingerprint density at radius 2 is 2.12 bits per heavy atom. The molecule has 0 unspecified atom stereocenters. The Kier molecular flexibility index (Phi) is 6.55. The fourth-order valence-electron chi connectivity index (χ4n) is 1.22. The van der Waals surface area contributed by atoms with E-state index >= 15 is 0 Å². The van der Waals surface area contributed by atoms with E-state index in [-0.39, 0.29) is 0 Å². The van der Waals surface area contributed by atoms with Crippen LogP contribution in [0.5, 0.6) is 0 Å². The zero-order valence-corrected chi connectivity index (χ0v) is 10.9. The van der Waals surface area contributed by atoms with E-state index in [0.29, 0.717) is 16.7 Å². The molecule has 0 spiro atoms. The normalized spacial score (nSPS) is 11.2. The highest BCUT2D eigenvalue weighted by Crippen LogP contribution is 2.26. The fourth-order valence-corrected chi connectivity index (χ4v) is 1.59. The van der Waals surface area contributed by atoms with Crippen LogP contribution in [0.3, 0.4) is 0 Å². The summed E-state index contributed by atoms with van der Waals surface area (Å²) in [5.41, 5.74) is 0.924. The number of ether oxygens (including phenoxy) is 1. The lowest BCUT2D eigenvalue weighted by atomic mass is 10.2. The topological polar surface area (TPSA) is 9.23 Å². The van der Waals surface area contributed by atoms with Gasteiger partial charge in [-0.25, -0.2) is 0 Å². The van der Waals surface area contributed by atoms with Gasteiger partial charge in [-0.1, -0.05) is 60.8 Å². The molecule has 16 heavy (non-hydrogen) atoms. The number of benzene rings is 1. The van der Waals surface area contributed by atoms with E-state index in [9.17, 15) is 0 Å². The predicted octanol–water partition coefficient (Wildman–Crippen LogP) is 4.82. The van der Waals surface area contributed by atoms with Crippen molar-refractivity contribution < 1.29 is 4.74 Å². The molecule has 0 fully saturated rings. The first-order valence-corrected chi connectivity index (χ1v) is 6.19. The van der Waals surface area contributed by atoms with Crippen LogP contribution < -0.4 is 0 Å². The Bertz CT molecular complexity index is 348. The van der Waals surface area contributed by atoms with Crippen molar-refractivity contribution in [2.45, 2.75) is 19.8 Å². The van der Waals surface area contributed by atoms with E-state index in [1.807, 2.05) is 24.3 Å². The minimum Gasteiger partial charge on any atom is -0.377 e. The van der Waals surface area contributed by atoms with Gasteiger partial charge in [-0.15, -0.1) is 0 Å². The molecule has 0 aliphatic heterocycles. The first kappa shape index (κ1) is 13.6. The van der Waals surface area contributed by atoms with Crippen LogP contribution in [-0.4, -0.2) is 13.2 Å². The summed E-state index contributed by atoms with van der Waals surface area (Å²) in [6.07, 6.45) is 6.14. The average molecular weight is 259 g/mol. The average Bonchev–Trinajstić information content (AvgIpc) is 2.29. The third-order valence-electron chi connectivity index (χ3n) is 2.14. The Hall–Kier alpha value is -0.500. The van der Waals surface area contributed by atoms with Gasteiger partial charge < -0.3 is 4.74 Å². The predicted molar refractivity (Wildman–Crippen MR) is 71.2 cm³/mol. The number of rotatable bonds is 6. The van der Waals surface area contributed by atoms with E-state index in [1.54, 1.807) is 6.07 Å². The molecule has 1 rings (SSSR count). The summed E-state index contributed by atoms with van der Waals surface area (Å²) in [5, 5.41) is 1.17. The molecule has 0 aliphatic carbocycles. The molecular weight excluding hydrogens is 243 g/mol. The van der Waals surface area contributed by atoms with Gasteiger partial charge in [0, 0.05) is 6.61 Å². The zero-order valence-electron chi connectivity index (χ0n) is 9.38. The van der Waals surface area contributed by atoms with E-state index in [4.69, 9.17) is 27.9 Å². The van der Waals surface area contributed by atoms with Crippen molar-refractivity contribution in [1.29, 1.82) is 0 Å². The smallest absolute Gasteiger partial charge is 0.0664 e. The van der Waals surface area contributed by atoms with Gasteiger partial charge in [-0.3, -0.25) is 0 Å². The maximum Gasteiger partial charge on any atom is 0.0664 e. The molecule has 0 atom stereocenters. The minimum atomic E-state index is 0.579. The second-order valence-electron chi connectivity index (χ2n) is 3.47. The second kappa shape index (κ2) is 7.72. The first-order valence-electron chi connectivity index (χ1n) is 5.44. The largest absolute Gasteiger partial charge is 0.377 e. The van der Waals surface area contributed by atoms with Crippen LogP contribution in [0.25, 0.3) is 6.08 Å². The Labute approximate surface area is 107 Å². The van der Waals surface area contributed by atoms with E-state index < -0.39 is 0 Å². The molecule has 0 amide bonds. The monoisotopic (exact) mass is 258 g/mol. The van der Waals surface area contributed by atoms with Gasteiger partial charge in [-0.05, 0) is 18.1 Å². The van der Waals surface area contributed by atoms with E-state index in [1.165, 1.54) is 0 Å². The van der Waals surface area contributed by atoms with Crippen LogP contribution in [0.4, 0.5) is 0 Å². The Morgan fingerprint density at radius 1 is 1.31 bits per heavy atom. The van der Waals surface area contributed by atoms with Gasteiger partial charge >= 0.3 is 0 Å². The molecule has 0 aliphatic rings. The molecule has 1 aromatic rings. The summed E-state index contributed by atoms with van der Waals surface area (Å²) in [6, 6.07) is 5.58. The zero-order chi connectivity index (χ0) is 11.8. The van der Waals surface area contributed by atoms with Crippen LogP contribution in [0.1, 0.15) is 25.3 Å². The third kappa shape index (κ3) is 4.56. The molecule has 1 nitrogen and oxygen atoms in total. The molecule has 88 valence electrons. The summed E-state index contributed by atoms with van der Waals surface area (Å²) in [7, 11) is 0. The third-order valence-corrected chi connectivity index (χ3v) is 2.97. The quantitative estimate of drug-likeness (QED) is 0.665. The summed E-state index contributed by atoms with van der Waals surface area (Å²) in [4.78, 5) is 0. The van der Waals surface area contributed by atoms with Crippen LogP contribution in [0, 0.1) is 0 Å². The lowest BCUT2D eigenvalue weighted by Gasteiger charge is -2.01. The number of unbranched alkanes of at least 4 members (excludes halogenated alkanes) is 1. The molecule has 0 saturated heterocycles. The maximum absolute atomic E-state index is 6.03. The standard InChI is InChI=1S/C13H16Cl2O/c1-2-3-9-16-10-5-7-11-6-4-8-12(14)13(11)15/h4-8H,2-3,9-10H2,1H3/b7-5+. The van der Waals surface area contributed by atoms with E-state index in [0.717, 1.165) is 25.0 Å². The van der Waals surface area contributed by atoms with Crippen molar-refractivity contribution in [3.8, 4) is 0 Å². The highest BCUT2D eigenvalue weighted by Gasteiger charge is 1.99. The van der Waals surface area contributed by atoms with E-state index in [2.05, 4.69) is 6.92 Å². The van der Waals surface area contributed by atoms with Crippen molar-refractivity contribution in [2.24, 2.45) is 0 Å². The molecule has 0 N–H and O–H groups in total. The minimum absolute atomic E-state index is 0.579. The molecule has 0 bridgehead atoms. The number of halogens is 2. The molecule has 1 aromatic carbocycles. The van der Waals surface area contributed by atoms with Gasteiger partial charge in [0.05, 0.1) is 16.7 Å². The maximum atomic E-state index is 6.03. The van der Waals surface area contributed by atoms with Crippen LogP contribution in [0.2, 0.25) is 10.0 Å². The summed E-state index contributed by atoms with van der Waals surface area (Å²) < 4.78 is 5.40. The Morgan fingerprint density at radius 3 is 2.88 bits per heavy atom. The van der Waals surface area contributed by atoms with Crippen LogP contribution in [0.15, 0.2) is 24.3 Å². The van der Waals surface area contributed by atoms with Gasteiger partial charge in [-0.2, -0.15) is 0 Å². The highest BCUT2D eigenvalue weighted by atomic mass is 35.5. The van der Waals surface area contributed by atoms with Crippen molar-refractivity contribution in [3.63, 3.8) is 0 Å². The fraction of sp³-hybridized carbons (Fsp3) is 0.385. The molecule has 0 saturated carbocycles. The summed E-state index contributed by atoms with van der Waals surface area (Å²) in [6.45, 7) is 3.57. The molecule has 0 heterocycles. The van der Waals surface area contributed by atoms with Gasteiger partial charge in [0.1, 0.15) is 0 Å². The van der Waals surface area contributed by atoms with Gasteiger partial charge in [0.25, 0.3) is 0 Å². The molecule has 3 heteroatoms. The highest BCUT2D eigenvalue weighted by molar-refractivity contribution is 6.42. The van der Waals surface area contributed by atoms with Crippen LogP contribution >= 0.6 is 23.2 Å². The lowest BCUT2D eigenvalue weighted by Crippen LogP contribution is -1.92. The second-order valence-corrected chi connectivity index (χ2v) is 4.26. The molecule has 0 radical (unpaired) electrons. The van der Waals surface area contributed by atoms with Crippen molar-refractivity contribution in [2.75, 3.05) is 13.2 Å². The Balaban J connectivity index is 2.41. The lowest BCUT2D eigenvalue weighted by molar-refractivity contribution is 0.159. The SMILES string of the molecule is CCCCOC/C=C/c1cccc(Cl)c1Cl. The summed E-state index contributed by atoms with van der Waals surface area (Å²) >= 11 is 11.9. The van der Waals surface area contributed by atoms with Gasteiger partial charge in [0.15, 0.2) is 0 Å². The van der Waals surface area contributed by atoms with Crippen molar-refractivity contribution >= 4 is 29.3 Å². The van der Waals surface area contributed by atoms with Crippen molar-refractivity contribution in [1.82, 2.24) is 0 Å². The number of hydrogen-bond acceptors (Lipinski definition) is 1. The summed E-state index contributed by atoms with van der Waals surface area (Å²) in [5.74, 6) is 0. The molecule has 0 aromatic heterocycles. The molecular formula is C13H16Cl2O. The number of hydrogen-bond donors (Lipinski definition) is 0. The first-order chi connectivity index (χ1) is 7.75. The van der Waals surface area contributed by atoms with Crippen LogP contribution in [-0.2, 0) is 4.74 Å². The van der Waals surface area contributed by atoms with Gasteiger partial charge in [0.2, 0.25) is 0 Å².